The molecule has 23 heavy (non-hydrogen) atoms. The van der Waals surface area contributed by atoms with Gasteiger partial charge in [0.05, 0.1) is 17.2 Å². The normalized spacial score (nSPS) is 11.1. The maximum atomic E-state index is 12.5. The van der Waals surface area contributed by atoms with Crippen LogP contribution in [0, 0.1) is 6.92 Å². The van der Waals surface area contributed by atoms with Crippen molar-refractivity contribution in [1.29, 1.82) is 0 Å². The second-order valence-corrected chi connectivity index (χ2v) is 6.90. The number of hydrogen-bond acceptors (Lipinski definition) is 4. The summed E-state index contributed by atoms with van der Waals surface area (Å²) in [5.74, 6) is -0.601. The van der Waals surface area contributed by atoms with E-state index in [0.29, 0.717) is 5.69 Å². The molecule has 2 aromatic carbocycles. The summed E-state index contributed by atoms with van der Waals surface area (Å²) in [6.45, 7) is 3.77. The van der Waals surface area contributed by atoms with Crippen LogP contribution >= 0.6 is 11.6 Å². The molecule has 0 aliphatic heterocycles. The Morgan fingerprint density at radius 3 is 2.43 bits per heavy atom. The predicted octanol–water partition coefficient (Wildman–Crippen LogP) is 3.63. The smallest absolute Gasteiger partial charge is 0.338 e. The lowest BCUT2D eigenvalue weighted by Gasteiger charge is -2.11. The molecule has 0 saturated carbocycles. The van der Waals surface area contributed by atoms with E-state index >= 15 is 0 Å². The fourth-order valence-electron chi connectivity index (χ4n) is 1.88. The number of sulfonamides is 1. The minimum Gasteiger partial charge on any atom is -0.462 e. The number of ether oxygens (including phenoxy) is 1. The van der Waals surface area contributed by atoms with Crippen molar-refractivity contribution in [3.8, 4) is 0 Å². The molecule has 7 heteroatoms. The third kappa shape index (κ3) is 4.24. The van der Waals surface area contributed by atoms with Crippen LogP contribution < -0.4 is 4.72 Å². The van der Waals surface area contributed by atoms with Crippen molar-refractivity contribution >= 4 is 33.3 Å². The van der Waals surface area contributed by atoms with Gasteiger partial charge >= 0.3 is 5.97 Å². The Morgan fingerprint density at radius 1 is 1.17 bits per heavy atom. The molecule has 122 valence electrons. The molecule has 1 N–H and O–H groups in total. The molecule has 0 fully saturated rings. The van der Waals surface area contributed by atoms with Gasteiger partial charge in [-0.25, -0.2) is 13.2 Å². The Labute approximate surface area is 140 Å². The minimum atomic E-state index is -3.92. The van der Waals surface area contributed by atoms with E-state index in [-0.39, 0.29) is 22.1 Å². The van der Waals surface area contributed by atoms with Crippen LogP contribution in [0.5, 0.6) is 0 Å². The lowest BCUT2D eigenvalue weighted by Crippen LogP contribution is -2.15. The van der Waals surface area contributed by atoms with Gasteiger partial charge in [-0.05, 0) is 44.2 Å². The van der Waals surface area contributed by atoms with Crippen LogP contribution in [0.15, 0.2) is 47.4 Å². The molecule has 5 nitrogen and oxygen atoms in total. The van der Waals surface area contributed by atoms with E-state index in [1.165, 1.54) is 18.2 Å². The highest BCUT2D eigenvalue weighted by atomic mass is 35.5. The second-order valence-electron chi connectivity index (χ2n) is 4.84. The topological polar surface area (TPSA) is 72.5 Å². The average Bonchev–Trinajstić information content (AvgIpc) is 2.50. The number of aryl methyl sites for hydroxylation is 1. The van der Waals surface area contributed by atoms with Gasteiger partial charge in [-0.1, -0.05) is 29.3 Å². The van der Waals surface area contributed by atoms with Crippen molar-refractivity contribution < 1.29 is 17.9 Å². The summed E-state index contributed by atoms with van der Waals surface area (Å²) in [6, 6.07) is 10.9. The third-order valence-corrected chi connectivity index (χ3v) is 4.90. The number of benzene rings is 2. The summed E-state index contributed by atoms with van der Waals surface area (Å²) in [6.07, 6.45) is 0. The number of esters is 1. The van der Waals surface area contributed by atoms with Crippen LogP contribution in [0.2, 0.25) is 5.02 Å². The van der Waals surface area contributed by atoms with Gasteiger partial charge in [-0.3, -0.25) is 4.72 Å². The van der Waals surface area contributed by atoms with E-state index in [1.807, 2.05) is 6.92 Å². The fourth-order valence-corrected chi connectivity index (χ4v) is 3.47. The van der Waals surface area contributed by atoms with Gasteiger partial charge in [0.25, 0.3) is 10.0 Å². The highest BCUT2D eigenvalue weighted by molar-refractivity contribution is 7.92. The molecular formula is C16H16ClNO4S. The highest BCUT2D eigenvalue weighted by Gasteiger charge is 2.20. The van der Waals surface area contributed by atoms with Gasteiger partial charge in [0.15, 0.2) is 0 Å². The molecule has 0 saturated heterocycles. The van der Waals surface area contributed by atoms with E-state index in [1.54, 1.807) is 31.2 Å². The zero-order chi connectivity index (χ0) is 17.0. The number of anilines is 1. The van der Waals surface area contributed by atoms with Gasteiger partial charge < -0.3 is 4.74 Å². The van der Waals surface area contributed by atoms with Gasteiger partial charge in [0, 0.05) is 5.69 Å². The van der Waals surface area contributed by atoms with Crippen LogP contribution in [-0.4, -0.2) is 21.0 Å². The summed E-state index contributed by atoms with van der Waals surface area (Å²) < 4.78 is 32.3. The van der Waals surface area contributed by atoms with E-state index in [2.05, 4.69) is 4.72 Å². The summed E-state index contributed by atoms with van der Waals surface area (Å²) in [5, 5.41) is 0.0256. The Balaban J connectivity index is 2.36. The molecule has 0 heterocycles. The van der Waals surface area contributed by atoms with Crippen LogP contribution in [0.3, 0.4) is 0 Å². The first kappa shape index (κ1) is 17.3. The first-order valence-electron chi connectivity index (χ1n) is 6.89. The van der Waals surface area contributed by atoms with Crippen LogP contribution in [0.1, 0.15) is 22.8 Å². The summed E-state index contributed by atoms with van der Waals surface area (Å²) in [7, 11) is -3.92. The van der Waals surface area contributed by atoms with Gasteiger partial charge in [0.1, 0.15) is 4.90 Å². The number of hydrogen-bond donors (Lipinski definition) is 1. The van der Waals surface area contributed by atoms with Crippen molar-refractivity contribution in [2.24, 2.45) is 0 Å². The fraction of sp³-hybridized carbons (Fsp3) is 0.188. The SMILES string of the molecule is CCOC(=O)c1ccc(Cl)c(S(=O)(=O)Nc2ccc(C)cc2)c1. The van der Waals surface area contributed by atoms with Crippen LogP contribution in [0.4, 0.5) is 5.69 Å². The third-order valence-electron chi connectivity index (χ3n) is 3.04. The summed E-state index contributed by atoms with van der Waals surface area (Å²) in [4.78, 5) is 11.6. The lowest BCUT2D eigenvalue weighted by molar-refractivity contribution is 0.0526. The molecule has 0 unspecified atom stereocenters. The van der Waals surface area contributed by atoms with E-state index in [0.717, 1.165) is 5.56 Å². The van der Waals surface area contributed by atoms with Crippen molar-refractivity contribution in [1.82, 2.24) is 0 Å². The number of carbonyl (C=O) groups excluding carboxylic acids is 1. The van der Waals surface area contributed by atoms with E-state index < -0.39 is 16.0 Å². The first-order valence-corrected chi connectivity index (χ1v) is 8.76. The molecule has 0 aliphatic rings. The maximum Gasteiger partial charge on any atom is 0.338 e. The molecule has 0 bridgehead atoms. The largest absolute Gasteiger partial charge is 0.462 e. The molecule has 2 rings (SSSR count). The maximum absolute atomic E-state index is 12.5. The van der Waals surface area contributed by atoms with Gasteiger partial charge in [-0.15, -0.1) is 0 Å². The lowest BCUT2D eigenvalue weighted by atomic mass is 10.2. The second kappa shape index (κ2) is 7.02. The molecule has 0 amide bonds. The number of halogens is 1. The first-order chi connectivity index (χ1) is 10.8. The summed E-state index contributed by atoms with van der Waals surface area (Å²) >= 11 is 5.98. The Morgan fingerprint density at radius 2 is 1.83 bits per heavy atom. The molecular weight excluding hydrogens is 338 g/mol. The molecule has 0 aromatic heterocycles. The number of rotatable bonds is 5. The number of nitrogens with one attached hydrogen (secondary N) is 1. The zero-order valence-electron chi connectivity index (χ0n) is 12.7. The van der Waals surface area contributed by atoms with Gasteiger partial charge in [0.2, 0.25) is 0 Å². The predicted molar refractivity (Wildman–Crippen MR) is 89.4 cm³/mol. The monoisotopic (exact) mass is 353 g/mol. The van der Waals surface area contributed by atoms with Crippen molar-refractivity contribution in [3.05, 3.63) is 58.6 Å². The highest BCUT2D eigenvalue weighted by Crippen LogP contribution is 2.25. The summed E-state index contributed by atoms with van der Waals surface area (Å²) in [5.41, 5.74) is 1.55. The average molecular weight is 354 g/mol. The van der Waals surface area contributed by atoms with E-state index in [9.17, 15) is 13.2 Å². The molecule has 0 spiro atoms. The van der Waals surface area contributed by atoms with Crippen molar-refractivity contribution in [2.45, 2.75) is 18.7 Å². The molecule has 0 radical (unpaired) electrons. The molecule has 0 aliphatic carbocycles. The zero-order valence-corrected chi connectivity index (χ0v) is 14.2. The number of carbonyl (C=O) groups is 1. The van der Waals surface area contributed by atoms with E-state index in [4.69, 9.17) is 16.3 Å². The standard InChI is InChI=1S/C16H16ClNO4S/c1-3-22-16(19)12-6-9-14(17)15(10-12)23(20,21)18-13-7-4-11(2)5-8-13/h4-10,18H,3H2,1-2H3. The quantitative estimate of drug-likeness (QED) is 0.833. The van der Waals surface area contributed by atoms with Gasteiger partial charge in [-0.2, -0.15) is 0 Å². The van der Waals surface area contributed by atoms with Crippen LogP contribution in [0.25, 0.3) is 0 Å². The molecule has 0 atom stereocenters. The minimum absolute atomic E-state index is 0.0256. The Bertz CT molecular complexity index is 816. The molecule has 2 aromatic rings. The Hall–Kier alpha value is -2.05. The Kier molecular flexibility index (Phi) is 5.28. The van der Waals surface area contributed by atoms with Crippen LogP contribution in [-0.2, 0) is 14.8 Å². The van der Waals surface area contributed by atoms with Crippen molar-refractivity contribution in [3.63, 3.8) is 0 Å². The van der Waals surface area contributed by atoms with Crippen molar-refractivity contribution in [2.75, 3.05) is 11.3 Å².